The number of ether oxygens (including phenoxy) is 1. The number of benzene rings is 1. The van der Waals surface area contributed by atoms with E-state index < -0.39 is 5.97 Å². The fourth-order valence-electron chi connectivity index (χ4n) is 2.08. The summed E-state index contributed by atoms with van der Waals surface area (Å²) < 4.78 is 5.21. The van der Waals surface area contributed by atoms with E-state index in [4.69, 9.17) is 9.84 Å². The lowest BCUT2D eigenvalue weighted by atomic mass is 10.0. The summed E-state index contributed by atoms with van der Waals surface area (Å²) in [6.07, 6.45) is 1.10. The Morgan fingerprint density at radius 3 is 2.78 bits per heavy atom. The van der Waals surface area contributed by atoms with Crippen LogP contribution in [0.4, 0.5) is 0 Å². The molecule has 4 nitrogen and oxygen atoms in total. The first-order valence-corrected chi connectivity index (χ1v) is 6.14. The zero-order chi connectivity index (χ0) is 13.5. The summed E-state index contributed by atoms with van der Waals surface area (Å²) in [4.78, 5) is 12.7. The highest BCUT2D eigenvalue weighted by Crippen LogP contribution is 2.26. The number of nitrogens with zero attached hydrogens (tertiary/aromatic N) is 1. The van der Waals surface area contributed by atoms with Gasteiger partial charge in [0.15, 0.2) is 0 Å². The van der Waals surface area contributed by atoms with E-state index in [-0.39, 0.29) is 12.5 Å². The van der Waals surface area contributed by atoms with Crippen LogP contribution < -0.4 is 4.74 Å². The first kappa shape index (κ1) is 14.5. The van der Waals surface area contributed by atoms with Crippen molar-refractivity contribution in [3.8, 4) is 5.75 Å². The van der Waals surface area contributed by atoms with Gasteiger partial charge in [0.05, 0.1) is 13.5 Å². The second kappa shape index (κ2) is 7.01. The Kier molecular flexibility index (Phi) is 5.65. The Labute approximate surface area is 108 Å². The molecule has 100 valence electrons. The van der Waals surface area contributed by atoms with Crippen molar-refractivity contribution in [2.75, 3.05) is 20.7 Å². The third kappa shape index (κ3) is 4.04. The van der Waals surface area contributed by atoms with Crippen LogP contribution in [-0.4, -0.2) is 36.7 Å². The largest absolute Gasteiger partial charge is 0.497 e. The van der Waals surface area contributed by atoms with Crippen molar-refractivity contribution in [2.24, 2.45) is 0 Å². The van der Waals surface area contributed by atoms with Gasteiger partial charge >= 0.3 is 5.97 Å². The zero-order valence-corrected chi connectivity index (χ0v) is 11.2. The average Bonchev–Trinajstić information content (AvgIpc) is 2.37. The zero-order valence-electron chi connectivity index (χ0n) is 11.2. The summed E-state index contributed by atoms with van der Waals surface area (Å²) in [5.74, 6) is 0.0694. The van der Waals surface area contributed by atoms with Gasteiger partial charge in [-0.1, -0.05) is 19.1 Å². The van der Waals surface area contributed by atoms with Crippen LogP contribution >= 0.6 is 0 Å². The summed E-state index contributed by atoms with van der Waals surface area (Å²) in [6, 6.07) is 8.15. The number of carbonyl (C=O) groups is 1. The molecule has 0 spiro atoms. The Morgan fingerprint density at radius 1 is 1.50 bits per heavy atom. The molecule has 18 heavy (non-hydrogen) atoms. The van der Waals surface area contributed by atoms with Gasteiger partial charge in [0, 0.05) is 12.6 Å². The number of carboxylic acids is 1. The fraction of sp³-hybridized carbons (Fsp3) is 0.500. The number of methoxy groups -OCH3 is 1. The van der Waals surface area contributed by atoms with Crippen LogP contribution in [0.25, 0.3) is 0 Å². The van der Waals surface area contributed by atoms with Crippen LogP contribution in [0.15, 0.2) is 24.3 Å². The maximum Gasteiger partial charge on any atom is 0.304 e. The highest BCUT2D eigenvalue weighted by molar-refractivity contribution is 5.66. The van der Waals surface area contributed by atoms with Crippen molar-refractivity contribution in [3.05, 3.63) is 29.8 Å². The molecule has 0 saturated carbocycles. The Balaban J connectivity index is 2.77. The topological polar surface area (TPSA) is 49.8 Å². The molecule has 0 aromatic heterocycles. The molecule has 0 heterocycles. The van der Waals surface area contributed by atoms with Gasteiger partial charge in [0.25, 0.3) is 0 Å². The second-order valence-electron chi connectivity index (χ2n) is 4.33. The van der Waals surface area contributed by atoms with E-state index in [2.05, 4.69) is 11.8 Å². The maximum atomic E-state index is 10.6. The van der Waals surface area contributed by atoms with Gasteiger partial charge in [0.2, 0.25) is 0 Å². The minimum atomic E-state index is -0.762. The molecule has 0 aliphatic rings. The van der Waals surface area contributed by atoms with E-state index in [1.54, 1.807) is 7.11 Å². The van der Waals surface area contributed by atoms with E-state index in [1.165, 1.54) is 0 Å². The highest BCUT2D eigenvalue weighted by atomic mass is 16.5. The Hall–Kier alpha value is -1.55. The van der Waals surface area contributed by atoms with Crippen molar-refractivity contribution in [3.63, 3.8) is 0 Å². The van der Waals surface area contributed by atoms with Crippen LogP contribution in [0.3, 0.4) is 0 Å². The van der Waals surface area contributed by atoms with Gasteiger partial charge in [0.1, 0.15) is 5.75 Å². The van der Waals surface area contributed by atoms with Gasteiger partial charge in [-0.15, -0.1) is 0 Å². The molecule has 0 aliphatic carbocycles. The molecule has 0 saturated heterocycles. The molecule has 1 aromatic rings. The molecular weight excluding hydrogens is 230 g/mol. The maximum absolute atomic E-state index is 10.6. The van der Waals surface area contributed by atoms with Crippen LogP contribution in [0.5, 0.6) is 5.75 Å². The SMILES string of the molecule is CCC(c1cccc(OC)c1)N(C)CCC(=O)O. The van der Waals surface area contributed by atoms with Crippen LogP contribution in [0.1, 0.15) is 31.4 Å². The monoisotopic (exact) mass is 251 g/mol. The average molecular weight is 251 g/mol. The van der Waals surface area contributed by atoms with Gasteiger partial charge in [-0.25, -0.2) is 0 Å². The van der Waals surface area contributed by atoms with E-state index in [0.717, 1.165) is 17.7 Å². The second-order valence-corrected chi connectivity index (χ2v) is 4.33. The predicted molar refractivity (Wildman–Crippen MR) is 70.9 cm³/mol. The van der Waals surface area contributed by atoms with E-state index in [1.807, 2.05) is 31.3 Å². The fourth-order valence-corrected chi connectivity index (χ4v) is 2.08. The van der Waals surface area contributed by atoms with Crippen molar-refractivity contribution >= 4 is 5.97 Å². The summed E-state index contributed by atoms with van der Waals surface area (Å²) in [5.41, 5.74) is 1.16. The Bertz CT molecular complexity index is 392. The van der Waals surface area contributed by atoms with Crippen molar-refractivity contribution in [1.29, 1.82) is 0 Å². The number of rotatable bonds is 7. The lowest BCUT2D eigenvalue weighted by Crippen LogP contribution is -2.26. The number of hydrogen-bond acceptors (Lipinski definition) is 3. The van der Waals surface area contributed by atoms with Gasteiger partial charge in [-0.3, -0.25) is 9.69 Å². The molecule has 1 N–H and O–H groups in total. The smallest absolute Gasteiger partial charge is 0.304 e. The number of aliphatic carboxylic acids is 1. The van der Waals surface area contributed by atoms with E-state index in [0.29, 0.717) is 6.54 Å². The number of carboxylic acid groups (broad SMARTS) is 1. The lowest BCUT2D eigenvalue weighted by Gasteiger charge is -2.27. The van der Waals surface area contributed by atoms with Crippen molar-refractivity contribution in [1.82, 2.24) is 4.90 Å². The summed E-state index contributed by atoms with van der Waals surface area (Å²) in [6.45, 7) is 2.65. The van der Waals surface area contributed by atoms with Gasteiger partial charge in [-0.2, -0.15) is 0 Å². The standard InChI is InChI=1S/C14H21NO3/c1-4-13(15(2)9-8-14(16)17)11-6-5-7-12(10-11)18-3/h5-7,10,13H,4,8-9H2,1-3H3,(H,16,17). The van der Waals surface area contributed by atoms with Crippen molar-refractivity contribution in [2.45, 2.75) is 25.8 Å². The molecule has 1 atom stereocenters. The molecule has 0 aliphatic heterocycles. The minimum absolute atomic E-state index is 0.164. The molecule has 0 radical (unpaired) electrons. The molecule has 1 aromatic carbocycles. The van der Waals surface area contributed by atoms with E-state index in [9.17, 15) is 4.79 Å². The van der Waals surface area contributed by atoms with Crippen LogP contribution in [0.2, 0.25) is 0 Å². The van der Waals surface area contributed by atoms with Crippen LogP contribution in [0, 0.1) is 0 Å². The molecule has 0 amide bonds. The van der Waals surface area contributed by atoms with Gasteiger partial charge < -0.3 is 9.84 Å². The quantitative estimate of drug-likeness (QED) is 0.809. The first-order valence-electron chi connectivity index (χ1n) is 6.14. The van der Waals surface area contributed by atoms with E-state index >= 15 is 0 Å². The first-order chi connectivity index (χ1) is 8.58. The molecular formula is C14H21NO3. The normalized spacial score (nSPS) is 12.4. The molecule has 1 rings (SSSR count). The summed E-state index contributed by atoms with van der Waals surface area (Å²) in [7, 11) is 3.60. The minimum Gasteiger partial charge on any atom is -0.497 e. The summed E-state index contributed by atoms with van der Waals surface area (Å²) in [5, 5.41) is 8.72. The Morgan fingerprint density at radius 2 is 2.22 bits per heavy atom. The van der Waals surface area contributed by atoms with Crippen LogP contribution in [-0.2, 0) is 4.79 Å². The number of hydrogen-bond donors (Lipinski definition) is 1. The molecule has 0 bridgehead atoms. The van der Waals surface area contributed by atoms with Crippen molar-refractivity contribution < 1.29 is 14.6 Å². The molecule has 1 unspecified atom stereocenters. The summed E-state index contributed by atoms with van der Waals surface area (Å²) >= 11 is 0. The lowest BCUT2D eigenvalue weighted by molar-refractivity contribution is -0.137. The third-order valence-electron chi connectivity index (χ3n) is 3.08. The molecule has 0 fully saturated rings. The third-order valence-corrected chi connectivity index (χ3v) is 3.08. The van der Waals surface area contributed by atoms with Gasteiger partial charge in [-0.05, 0) is 31.2 Å². The highest BCUT2D eigenvalue weighted by Gasteiger charge is 2.16. The predicted octanol–water partition coefficient (Wildman–Crippen LogP) is 2.55. The molecule has 4 heteroatoms.